The number of nitrogens with one attached hydrogen (secondary N) is 1. The summed E-state index contributed by atoms with van der Waals surface area (Å²) in [4.78, 5) is 29.3. The van der Waals surface area contributed by atoms with E-state index >= 15 is 0 Å². The lowest BCUT2D eigenvalue weighted by molar-refractivity contribution is -0.116. The highest BCUT2D eigenvalue weighted by Gasteiger charge is 2.13. The van der Waals surface area contributed by atoms with Crippen molar-refractivity contribution >= 4 is 27.5 Å². The Morgan fingerprint density at radius 3 is 2.69 bits per heavy atom. The molecular formula is C24H21BrN4O3. The quantitative estimate of drug-likeness (QED) is 0.404. The van der Waals surface area contributed by atoms with Crippen molar-refractivity contribution in [1.29, 1.82) is 0 Å². The number of carbonyl (C=O) groups excluding carboxylic acids is 1. The van der Waals surface area contributed by atoms with Crippen LogP contribution in [-0.2, 0) is 11.3 Å². The Kier molecular flexibility index (Phi) is 6.32. The van der Waals surface area contributed by atoms with Gasteiger partial charge in [-0.2, -0.15) is 4.98 Å². The van der Waals surface area contributed by atoms with Crippen LogP contribution in [0.4, 0.5) is 5.69 Å². The monoisotopic (exact) mass is 492 g/mol. The van der Waals surface area contributed by atoms with Crippen molar-refractivity contribution in [2.75, 3.05) is 5.32 Å². The number of amides is 1. The fourth-order valence-corrected chi connectivity index (χ4v) is 3.60. The number of pyridine rings is 1. The van der Waals surface area contributed by atoms with E-state index in [1.54, 1.807) is 12.3 Å². The van der Waals surface area contributed by atoms with Gasteiger partial charge < -0.3 is 14.4 Å². The van der Waals surface area contributed by atoms with Gasteiger partial charge in [-0.1, -0.05) is 59.2 Å². The molecular weight excluding hydrogens is 472 g/mol. The Hall–Kier alpha value is -3.52. The molecule has 0 unspecified atom stereocenters. The predicted molar refractivity (Wildman–Crippen MR) is 126 cm³/mol. The summed E-state index contributed by atoms with van der Waals surface area (Å²) in [5.41, 5.74) is 2.87. The number of carbonyl (C=O) groups is 1. The minimum Gasteiger partial charge on any atom is -0.334 e. The van der Waals surface area contributed by atoms with E-state index in [2.05, 4.69) is 45.2 Å². The third-order valence-electron chi connectivity index (χ3n) is 4.89. The molecule has 1 amide bonds. The number of hydrogen-bond donors (Lipinski definition) is 1. The van der Waals surface area contributed by atoms with Crippen molar-refractivity contribution < 1.29 is 9.32 Å². The van der Waals surface area contributed by atoms with Gasteiger partial charge in [0.15, 0.2) is 0 Å². The Balaban J connectivity index is 1.53. The Morgan fingerprint density at radius 2 is 1.91 bits per heavy atom. The molecule has 4 rings (SSSR count). The van der Waals surface area contributed by atoms with E-state index in [1.165, 1.54) is 10.6 Å². The van der Waals surface area contributed by atoms with Gasteiger partial charge in [0.25, 0.3) is 11.4 Å². The molecule has 0 saturated carbocycles. The zero-order chi connectivity index (χ0) is 22.7. The zero-order valence-electron chi connectivity index (χ0n) is 17.6. The molecule has 162 valence electrons. The normalized spacial score (nSPS) is 11.0. The van der Waals surface area contributed by atoms with Gasteiger partial charge in [-0.25, -0.2) is 0 Å². The van der Waals surface area contributed by atoms with Gasteiger partial charge in [0, 0.05) is 28.0 Å². The smallest absolute Gasteiger partial charge is 0.259 e. The summed E-state index contributed by atoms with van der Waals surface area (Å²) in [6.45, 7) is 4.04. The van der Waals surface area contributed by atoms with Crippen LogP contribution in [0.2, 0.25) is 0 Å². The second-order valence-corrected chi connectivity index (χ2v) is 8.56. The maximum atomic E-state index is 12.6. The van der Waals surface area contributed by atoms with Gasteiger partial charge in [-0.3, -0.25) is 9.59 Å². The summed E-state index contributed by atoms with van der Waals surface area (Å²) in [6, 6.07) is 18.2. The Labute approximate surface area is 193 Å². The number of rotatable bonds is 6. The lowest BCUT2D eigenvalue weighted by Crippen LogP contribution is -2.26. The van der Waals surface area contributed by atoms with E-state index in [4.69, 9.17) is 4.52 Å². The van der Waals surface area contributed by atoms with Crippen molar-refractivity contribution in [3.05, 3.63) is 87.3 Å². The van der Waals surface area contributed by atoms with E-state index in [-0.39, 0.29) is 23.9 Å². The molecule has 0 atom stereocenters. The number of nitrogens with zero attached hydrogens (tertiary/aromatic N) is 3. The minimum absolute atomic E-state index is 0.134. The molecule has 0 radical (unpaired) electrons. The summed E-state index contributed by atoms with van der Waals surface area (Å²) >= 11 is 3.42. The molecule has 2 heterocycles. The highest BCUT2D eigenvalue weighted by molar-refractivity contribution is 9.10. The summed E-state index contributed by atoms with van der Waals surface area (Å²) in [5.74, 6) is 0.744. The topological polar surface area (TPSA) is 90.0 Å². The van der Waals surface area contributed by atoms with Crippen molar-refractivity contribution in [3.8, 4) is 22.8 Å². The van der Waals surface area contributed by atoms with Gasteiger partial charge in [-0.05, 0) is 41.8 Å². The van der Waals surface area contributed by atoms with E-state index in [9.17, 15) is 9.59 Å². The van der Waals surface area contributed by atoms with Gasteiger partial charge in [0.1, 0.15) is 6.54 Å². The lowest BCUT2D eigenvalue weighted by atomic mass is 10.0. The number of benzene rings is 2. The molecule has 0 bridgehead atoms. The first-order valence-electron chi connectivity index (χ1n) is 10.1. The molecule has 0 fully saturated rings. The van der Waals surface area contributed by atoms with Gasteiger partial charge in [-0.15, -0.1) is 0 Å². The maximum Gasteiger partial charge on any atom is 0.259 e. The molecule has 0 spiro atoms. The van der Waals surface area contributed by atoms with Crippen LogP contribution in [0, 0.1) is 0 Å². The van der Waals surface area contributed by atoms with E-state index in [0.717, 1.165) is 15.6 Å². The highest BCUT2D eigenvalue weighted by atomic mass is 79.9. The van der Waals surface area contributed by atoms with Crippen molar-refractivity contribution in [2.45, 2.75) is 26.3 Å². The van der Waals surface area contributed by atoms with Gasteiger partial charge in [0.05, 0.1) is 5.56 Å². The largest absolute Gasteiger partial charge is 0.334 e. The molecule has 2 aromatic carbocycles. The molecule has 7 nitrogen and oxygen atoms in total. The third kappa shape index (κ3) is 5.03. The van der Waals surface area contributed by atoms with E-state index in [0.29, 0.717) is 23.0 Å². The van der Waals surface area contributed by atoms with E-state index in [1.807, 2.05) is 48.5 Å². The number of aromatic nitrogens is 3. The van der Waals surface area contributed by atoms with Crippen LogP contribution in [0.3, 0.4) is 0 Å². The molecule has 4 aromatic rings. The minimum atomic E-state index is -0.300. The molecule has 8 heteroatoms. The second-order valence-electron chi connectivity index (χ2n) is 7.65. The average Bonchev–Trinajstić information content (AvgIpc) is 3.26. The fraction of sp³-hybridized carbons (Fsp3) is 0.167. The first kappa shape index (κ1) is 21.7. The standard InChI is InChI=1S/C24H21BrN4O3/c1-15(2)16-5-4-8-20(12-16)26-21(30)14-29-13-18(9-10-22(29)31)24-27-23(28-32-24)17-6-3-7-19(25)11-17/h3-13,15H,14H2,1-2H3,(H,26,30). The maximum absolute atomic E-state index is 12.6. The molecule has 0 aliphatic heterocycles. The summed E-state index contributed by atoms with van der Waals surface area (Å²) in [7, 11) is 0. The van der Waals surface area contributed by atoms with Crippen molar-refractivity contribution in [3.63, 3.8) is 0 Å². The summed E-state index contributed by atoms with van der Waals surface area (Å²) in [6.07, 6.45) is 1.55. The number of halogens is 1. The first-order valence-corrected chi connectivity index (χ1v) is 10.9. The molecule has 2 aromatic heterocycles. The number of hydrogen-bond acceptors (Lipinski definition) is 5. The van der Waals surface area contributed by atoms with Crippen LogP contribution < -0.4 is 10.9 Å². The second kappa shape index (κ2) is 9.32. The molecule has 0 aliphatic carbocycles. The predicted octanol–water partition coefficient (Wildman–Crippen LogP) is 5.09. The van der Waals surface area contributed by atoms with Crippen LogP contribution in [0.25, 0.3) is 22.8 Å². The third-order valence-corrected chi connectivity index (χ3v) is 5.38. The van der Waals surface area contributed by atoms with Crippen LogP contribution in [-0.4, -0.2) is 20.6 Å². The lowest BCUT2D eigenvalue weighted by Gasteiger charge is -2.11. The van der Waals surface area contributed by atoms with Gasteiger partial charge >= 0.3 is 0 Å². The van der Waals surface area contributed by atoms with Crippen molar-refractivity contribution in [2.24, 2.45) is 0 Å². The van der Waals surface area contributed by atoms with Crippen LogP contribution >= 0.6 is 15.9 Å². The fourth-order valence-electron chi connectivity index (χ4n) is 3.20. The van der Waals surface area contributed by atoms with Crippen LogP contribution in [0.15, 0.2) is 80.7 Å². The molecule has 1 N–H and O–H groups in total. The SMILES string of the molecule is CC(C)c1cccc(NC(=O)Cn2cc(-c3nc(-c4cccc(Br)c4)no3)ccc2=O)c1. The zero-order valence-corrected chi connectivity index (χ0v) is 19.2. The summed E-state index contributed by atoms with van der Waals surface area (Å²) < 4.78 is 7.61. The number of anilines is 1. The summed E-state index contributed by atoms with van der Waals surface area (Å²) in [5, 5.41) is 6.87. The molecule has 0 saturated heterocycles. The highest BCUT2D eigenvalue weighted by Crippen LogP contribution is 2.24. The van der Waals surface area contributed by atoms with Crippen LogP contribution in [0.1, 0.15) is 25.3 Å². The molecule has 32 heavy (non-hydrogen) atoms. The van der Waals surface area contributed by atoms with Crippen molar-refractivity contribution in [1.82, 2.24) is 14.7 Å². The molecule has 0 aliphatic rings. The first-order chi connectivity index (χ1) is 15.4. The van der Waals surface area contributed by atoms with E-state index < -0.39 is 0 Å². The Morgan fingerprint density at radius 1 is 1.09 bits per heavy atom. The van der Waals surface area contributed by atoms with Gasteiger partial charge in [0.2, 0.25) is 11.7 Å². The average molecular weight is 493 g/mol. The van der Waals surface area contributed by atoms with Crippen LogP contribution in [0.5, 0.6) is 0 Å². The Bertz CT molecular complexity index is 1330.